The highest BCUT2D eigenvalue weighted by Gasteiger charge is 2.17. The number of aryl methyl sites for hydroxylation is 1. The Hall–Kier alpha value is -1.91. The number of nitrogens with zero attached hydrogens (tertiary/aromatic N) is 2. The lowest BCUT2D eigenvalue weighted by molar-refractivity contribution is -0.714. The van der Waals surface area contributed by atoms with Crippen LogP contribution in [0.2, 0.25) is 0 Å². The molecule has 0 aliphatic rings. The molecule has 3 nitrogen and oxygen atoms in total. The van der Waals surface area contributed by atoms with Gasteiger partial charge in [0.1, 0.15) is 0 Å². The van der Waals surface area contributed by atoms with E-state index in [-0.39, 0.29) is 12.4 Å². The van der Waals surface area contributed by atoms with E-state index in [2.05, 4.69) is 22.5 Å². The highest BCUT2D eigenvalue weighted by Crippen LogP contribution is 2.26. The predicted octanol–water partition coefficient (Wildman–Crippen LogP) is 0.382. The number of para-hydroxylation sites is 1. The van der Waals surface area contributed by atoms with E-state index in [0.29, 0.717) is 0 Å². The first kappa shape index (κ1) is 14.5. The van der Waals surface area contributed by atoms with E-state index in [9.17, 15) is 0 Å². The Labute approximate surface area is 128 Å². The highest BCUT2D eigenvalue weighted by atomic mass is 35.5. The van der Waals surface area contributed by atoms with Gasteiger partial charge in [0.05, 0.1) is 5.56 Å². The number of halogens is 1. The van der Waals surface area contributed by atoms with E-state index < -0.39 is 0 Å². The summed E-state index contributed by atoms with van der Waals surface area (Å²) in [5.74, 6) is 0. The van der Waals surface area contributed by atoms with Crippen LogP contribution in [0.15, 0.2) is 60.7 Å². The monoisotopic (exact) mass is 303 g/mol. The van der Waals surface area contributed by atoms with Crippen molar-refractivity contribution in [2.75, 3.05) is 5.32 Å². The van der Waals surface area contributed by atoms with Crippen LogP contribution in [0.25, 0.3) is 10.6 Å². The maximum absolute atomic E-state index is 4.51. The fourth-order valence-electron chi connectivity index (χ4n) is 1.88. The molecule has 3 rings (SSSR count). The van der Waals surface area contributed by atoms with Crippen LogP contribution in [-0.2, 0) is 7.05 Å². The lowest BCUT2D eigenvalue weighted by Gasteiger charge is -1.97. The largest absolute Gasteiger partial charge is 1.00 e. The Morgan fingerprint density at radius 1 is 0.950 bits per heavy atom. The first-order chi connectivity index (χ1) is 9.33. The van der Waals surface area contributed by atoms with Crippen molar-refractivity contribution in [2.24, 2.45) is 7.05 Å². The zero-order chi connectivity index (χ0) is 13.1. The van der Waals surface area contributed by atoms with Crippen LogP contribution >= 0.6 is 11.3 Å². The van der Waals surface area contributed by atoms with Crippen molar-refractivity contribution in [1.82, 2.24) is 5.10 Å². The fraction of sp³-hybridized carbons (Fsp3) is 0.0667. The van der Waals surface area contributed by atoms with Gasteiger partial charge in [-0.1, -0.05) is 41.1 Å². The first-order valence-corrected chi connectivity index (χ1v) is 6.89. The van der Waals surface area contributed by atoms with Gasteiger partial charge in [0.15, 0.2) is 7.05 Å². The molecule has 0 amide bonds. The molecule has 0 saturated carbocycles. The first-order valence-electron chi connectivity index (χ1n) is 6.07. The SMILES string of the molecule is C[n+]1nc(Nc2ccccc2)sc1-c1ccccc1.[Cl-]. The van der Waals surface area contributed by atoms with Crippen LogP contribution in [0.4, 0.5) is 10.8 Å². The quantitative estimate of drug-likeness (QED) is 0.709. The molecule has 0 aliphatic heterocycles. The van der Waals surface area contributed by atoms with Gasteiger partial charge >= 0.3 is 0 Å². The number of anilines is 2. The van der Waals surface area contributed by atoms with Crippen molar-refractivity contribution < 1.29 is 17.1 Å². The van der Waals surface area contributed by atoms with Crippen molar-refractivity contribution in [3.05, 3.63) is 60.7 Å². The average molecular weight is 304 g/mol. The zero-order valence-corrected chi connectivity index (χ0v) is 12.5. The lowest BCUT2D eigenvalue weighted by Crippen LogP contribution is -3.00. The minimum absolute atomic E-state index is 0. The van der Waals surface area contributed by atoms with Crippen molar-refractivity contribution in [3.63, 3.8) is 0 Å². The fourth-order valence-corrected chi connectivity index (χ4v) is 2.82. The number of nitrogens with one attached hydrogen (secondary N) is 1. The van der Waals surface area contributed by atoms with Gasteiger partial charge in [-0.3, -0.25) is 0 Å². The van der Waals surface area contributed by atoms with Crippen molar-refractivity contribution >= 4 is 22.2 Å². The smallest absolute Gasteiger partial charge is 0.297 e. The van der Waals surface area contributed by atoms with E-state index in [1.165, 1.54) is 5.56 Å². The maximum atomic E-state index is 4.51. The molecule has 0 aliphatic carbocycles. The highest BCUT2D eigenvalue weighted by molar-refractivity contribution is 7.18. The molecular formula is C15H14ClN3S. The summed E-state index contributed by atoms with van der Waals surface area (Å²) < 4.78 is 1.91. The Morgan fingerprint density at radius 2 is 1.55 bits per heavy atom. The van der Waals surface area contributed by atoms with Gasteiger partial charge in [-0.05, 0) is 35.6 Å². The van der Waals surface area contributed by atoms with E-state index >= 15 is 0 Å². The second kappa shape index (κ2) is 6.50. The summed E-state index contributed by atoms with van der Waals surface area (Å²) in [5, 5.41) is 9.86. The number of hydrogen-bond donors (Lipinski definition) is 1. The lowest BCUT2D eigenvalue weighted by atomic mass is 10.2. The Balaban J connectivity index is 0.00000147. The summed E-state index contributed by atoms with van der Waals surface area (Å²) in [6.45, 7) is 0. The third-order valence-corrected chi connectivity index (χ3v) is 3.84. The summed E-state index contributed by atoms with van der Waals surface area (Å²) in [4.78, 5) is 0. The number of hydrogen-bond acceptors (Lipinski definition) is 3. The van der Waals surface area contributed by atoms with E-state index in [1.807, 2.05) is 60.3 Å². The van der Waals surface area contributed by atoms with Crippen molar-refractivity contribution in [1.29, 1.82) is 0 Å². The number of rotatable bonds is 3. The summed E-state index contributed by atoms with van der Waals surface area (Å²) in [5.41, 5.74) is 2.24. The molecule has 0 unspecified atom stereocenters. The Kier molecular flexibility index (Phi) is 4.71. The second-order valence-electron chi connectivity index (χ2n) is 4.19. The molecule has 0 bridgehead atoms. The van der Waals surface area contributed by atoms with Gasteiger partial charge < -0.3 is 17.7 Å². The van der Waals surface area contributed by atoms with E-state index in [1.54, 1.807) is 11.3 Å². The van der Waals surface area contributed by atoms with Gasteiger partial charge in [-0.2, -0.15) is 0 Å². The van der Waals surface area contributed by atoms with Crippen LogP contribution in [0, 0.1) is 0 Å². The minimum atomic E-state index is 0. The van der Waals surface area contributed by atoms with Gasteiger partial charge in [0.25, 0.3) is 10.1 Å². The predicted molar refractivity (Wildman–Crippen MR) is 78.5 cm³/mol. The molecule has 1 aromatic heterocycles. The third kappa shape index (κ3) is 3.15. The summed E-state index contributed by atoms with van der Waals surface area (Å²) in [7, 11) is 1.97. The van der Waals surface area contributed by atoms with Crippen molar-refractivity contribution in [2.45, 2.75) is 0 Å². The molecule has 0 spiro atoms. The molecule has 102 valence electrons. The number of aromatic nitrogens is 2. The molecule has 1 heterocycles. The molecule has 5 heteroatoms. The zero-order valence-electron chi connectivity index (χ0n) is 11.0. The molecule has 0 fully saturated rings. The molecule has 0 saturated heterocycles. The van der Waals surface area contributed by atoms with Crippen LogP contribution in [-0.4, -0.2) is 5.10 Å². The molecule has 20 heavy (non-hydrogen) atoms. The van der Waals surface area contributed by atoms with Crippen LogP contribution in [0.5, 0.6) is 0 Å². The summed E-state index contributed by atoms with van der Waals surface area (Å²) in [6, 6.07) is 20.4. The molecule has 0 atom stereocenters. The molecule has 1 N–H and O–H groups in total. The van der Waals surface area contributed by atoms with Crippen LogP contribution < -0.4 is 22.4 Å². The Morgan fingerprint density at radius 3 is 2.20 bits per heavy atom. The van der Waals surface area contributed by atoms with Crippen molar-refractivity contribution in [3.8, 4) is 10.6 Å². The maximum Gasteiger partial charge on any atom is 0.297 e. The van der Waals surface area contributed by atoms with Gasteiger partial charge in [-0.15, -0.1) is 0 Å². The minimum Gasteiger partial charge on any atom is -1.00 e. The third-order valence-electron chi connectivity index (χ3n) is 2.77. The Bertz CT molecular complexity index is 668. The standard InChI is InChI=1S/C15H14N3S.ClH/c1-18-14(12-8-4-2-5-9-12)19-15(17-18)16-13-10-6-3-7-11-13;/h2-11H,1H3,(H,16,17);1H/q+1;/p-1. The molecular weight excluding hydrogens is 290 g/mol. The summed E-state index contributed by atoms with van der Waals surface area (Å²) >= 11 is 1.65. The van der Waals surface area contributed by atoms with Gasteiger partial charge in [-0.25, -0.2) is 0 Å². The molecule has 2 aromatic carbocycles. The van der Waals surface area contributed by atoms with Crippen LogP contribution in [0.1, 0.15) is 0 Å². The topological polar surface area (TPSA) is 28.8 Å². The molecule has 0 radical (unpaired) electrons. The summed E-state index contributed by atoms with van der Waals surface area (Å²) in [6.07, 6.45) is 0. The normalized spacial score (nSPS) is 9.85. The van der Waals surface area contributed by atoms with Gasteiger partial charge in [0, 0.05) is 10.8 Å². The van der Waals surface area contributed by atoms with Crippen LogP contribution in [0.3, 0.4) is 0 Å². The van der Waals surface area contributed by atoms with E-state index in [4.69, 9.17) is 0 Å². The second-order valence-corrected chi connectivity index (χ2v) is 5.17. The average Bonchev–Trinajstić information content (AvgIpc) is 2.82. The van der Waals surface area contributed by atoms with Gasteiger partial charge in [0.2, 0.25) is 0 Å². The molecule has 3 aromatic rings. The van der Waals surface area contributed by atoms with E-state index in [0.717, 1.165) is 15.8 Å². The number of benzene rings is 2.